The fourth-order valence-electron chi connectivity index (χ4n) is 3.98. The van der Waals surface area contributed by atoms with Gasteiger partial charge in [-0.2, -0.15) is 0 Å². The van der Waals surface area contributed by atoms with Crippen molar-refractivity contribution in [3.05, 3.63) is 124 Å². The molecular formula is C31H34FN. The lowest BCUT2D eigenvalue weighted by atomic mass is 9.99. The van der Waals surface area contributed by atoms with Crippen LogP contribution in [0.2, 0.25) is 0 Å². The summed E-state index contributed by atoms with van der Waals surface area (Å²) < 4.78 is 15.2. The molecule has 0 aromatic heterocycles. The fourth-order valence-corrected chi connectivity index (χ4v) is 3.98. The van der Waals surface area contributed by atoms with Crippen LogP contribution in [0.5, 0.6) is 0 Å². The van der Waals surface area contributed by atoms with E-state index in [1.807, 2.05) is 43.3 Å². The maximum Gasteiger partial charge on any atom is 0.128 e. The van der Waals surface area contributed by atoms with Gasteiger partial charge in [0.2, 0.25) is 0 Å². The molecule has 0 aliphatic carbocycles. The molecule has 3 aromatic rings. The van der Waals surface area contributed by atoms with E-state index in [4.69, 9.17) is 0 Å². The number of benzene rings is 3. The molecular weight excluding hydrogens is 405 g/mol. The smallest absolute Gasteiger partial charge is 0.128 e. The van der Waals surface area contributed by atoms with Crippen molar-refractivity contribution in [2.24, 2.45) is 0 Å². The number of aryl methyl sites for hydroxylation is 1. The predicted molar refractivity (Wildman–Crippen MR) is 141 cm³/mol. The molecule has 3 rings (SSSR count). The second-order valence-electron chi connectivity index (χ2n) is 8.28. The van der Waals surface area contributed by atoms with Gasteiger partial charge in [-0.1, -0.05) is 93.3 Å². The van der Waals surface area contributed by atoms with E-state index in [0.717, 1.165) is 46.7 Å². The second kappa shape index (κ2) is 12.0. The molecule has 0 bridgehead atoms. The van der Waals surface area contributed by atoms with Gasteiger partial charge in [-0.15, -0.1) is 0 Å². The van der Waals surface area contributed by atoms with Crippen LogP contribution in [0.15, 0.2) is 90.7 Å². The van der Waals surface area contributed by atoms with Crippen molar-refractivity contribution in [1.82, 2.24) is 0 Å². The molecule has 170 valence electrons. The minimum Gasteiger partial charge on any atom is -0.359 e. The minimum atomic E-state index is -0.199. The molecule has 0 saturated carbocycles. The number of hydrogen-bond acceptors (Lipinski definition) is 1. The topological polar surface area (TPSA) is 12.0 Å². The zero-order chi connectivity index (χ0) is 23.6. The molecule has 0 atom stereocenters. The highest BCUT2D eigenvalue weighted by Crippen LogP contribution is 2.21. The monoisotopic (exact) mass is 439 g/mol. The second-order valence-corrected chi connectivity index (χ2v) is 8.28. The highest BCUT2D eigenvalue weighted by molar-refractivity contribution is 5.61. The summed E-state index contributed by atoms with van der Waals surface area (Å²) in [5.41, 5.74) is 6.09. The Morgan fingerprint density at radius 1 is 0.939 bits per heavy atom. The van der Waals surface area contributed by atoms with Crippen LogP contribution in [0.1, 0.15) is 43.9 Å². The summed E-state index contributed by atoms with van der Waals surface area (Å²) >= 11 is 0. The first-order chi connectivity index (χ1) is 16.0. The normalized spacial score (nSPS) is 12.8. The van der Waals surface area contributed by atoms with Crippen molar-refractivity contribution >= 4 is 17.8 Å². The number of rotatable bonds is 9. The SMILES string of the molecule is C=c1ccc(CC)c/c1=C(/C=C\C)Cc1ccc(N/C(=C\CC)Cc2ccccc2)cc1F. The quantitative estimate of drug-likeness (QED) is 0.390. The molecule has 0 heterocycles. The van der Waals surface area contributed by atoms with E-state index in [2.05, 4.69) is 68.2 Å². The van der Waals surface area contributed by atoms with Gasteiger partial charge in [0.15, 0.2) is 0 Å². The van der Waals surface area contributed by atoms with Gasteiger partial charge < -0.3 is 5.32 Å². The molecule has 1 N–H and O–H groups in total. The van der Waals surface area contributed by atoms with Crippen molar-refractivity contribution < 1.29 is 4.39 Å². The Balaban J connectivity index is 1.87. The lowest BCUT2D eigenvalue weighted by Crippen LogP contribution is -2.26. The third kappa shape index (κ3) is 6.79. The van der Waals surface area contributed by atoms with Gasteiger partial charge in [-0.3, -0.25) is 0 Å². The van der Waals surface area contributed by atoms with E-state index in [1.165, 1.54) is 11.1 Å². The Bertz CT molecular complexity index is 1240. The first kappa shape index (κ1) is 24.3. The van der Waals surface area contributed by atoms with Gasteiger partial charge in [0.05, 0.1) is 0 Å². The Labute approximate surface area is 197 Å². The average Bonchev–Trinajstić information content (AvgIpc) is 2.81. The van der Waals surface area contributed by atoms with E-state index in [0.29, 0.717) is 12.0 Å². The van der Waals surface area contributed by atoms with E-state index < -0.39 is 0 Å². The fraction of sp³-hybridized carbons (Fsp3) is 0.226. The highest BCUT2D eigenvalue weighted by atomic mass is 19.1. The van der Waals surface area contributed by atoms with Crippen LogP contribution in [0, 0.1) is 5.82 Å². The summed E-state index contributed by atoms with van der Waals surface area (Å²) in [6.07, 6.45) is 9.42. The van der Waals surface area contributed by atoms with Gasteiger partial charge in [0.1, 0.15) is 5.82 Å². The largest absolute Gasteiger partial charge is 0.359 e. The first-order valence-electron chi connectivity index (χ1n) is 11.8. The van der Waals surface area contributed by atoms with E-state index >= 15 is 4.39 Å². The van der Waals surface area contributed by atoms with Gasteiger partial charge in [-0.25, -0.2) is 4.39 Å². The summed E-state index contributed by atoms with van der Waals surface area (Å²) in [6, 6.07) is 22.1. The summed E-state index contributed by atoms with van der Waals surface area (Å²) in [6.45, 7) is 10.4. The van der Waals surface area contributed by atoms with Crippen LogP contribution in [0.25, 0.3) is 12.2 Å². The van der Waals surface area contributed by atoms with Crippen molar-refractivity contribution in [3.63, 3.8) is 0 Å². The highest BCUT2D eigenvalue weighted by Gasteiger charge is 2.08. The molecule has 0 saturated heterocycles. The van der Waals surface area contributed by atoms with Crippen molar-refractivity contribution in [2.45, 2.75) is 46.5 Å². The van der Waals surface area contributed by atoms with E-state index in [9.17, 15) is 0 Å². The summed E-state index contributed by atoms with van der Waals surface area (Å²) in [7, 11) is 0. The molecule has 1 nitrogen and oxygen atoms in total. The van der Waals surface area contributed by atoms with Gasteiger partial charge in [0, 0.05) is 24.2 Å². The van der Waals surface area contributed by atoms with Crippen LogP contribution in [-0.2, 0) is 19.3 Å². The molecule has 2 heteroatoms. The number of nitrogens with one attached hydrogen (secondary N) is 1. The molecule has 0 amide bonds. The third-order valence-corrected chi connectivity index (χ3v) is 5.72. The minimum absolute atomic E-state index is 0.199. The Kier molecular flexibility index (Phi) is 8.83. The summed E-state index contributed by atoms with van der Waals surface area (Å²) in [5.74, 6) is -0.199. The van der Waals surface area contributed by atoms with Crippen LogP contribution >= 0.6 is 0 Å². The number of hydrogen-bond donors (Lipinski definition) is 1. The zero-order valence-corrected chi connectivity index (χ0v) is 20.0. The lowest BCUT2D eigenvalue weighted by Gasteiger charge is -2.13. The number of allylic oxidation sites excluding steroid dienone is 4. The molecule has 3 aromatic carbocycles. The average molecular weight is 440 g/mol. The van der Waals surface area contributed by atoms with Crippen molar-refractivity contribution in [3.8, 4) is 0 Å². The van der Waals surface area contributed by atoms with Gasteiger partial charge in [-0.05, 0) is 64.6 Å². The van der Waals surface area contributed by atoms with Crippen molar-refractivity contribution in [2.75, 3.05) is 5.32 Å². The van der Waals surface area contributed by atoms with Crippen LogP contribution < -0.4 is 15.8 Å². The lowest BCUT2D eigenvalue weighted by molar-refractivity contribution is 0.616. The number of halogens is 1. The van der Waals surface area contributed by atoms with Gasteiger partial charge in [0.25, 0.3) is 0 Å². The van der Waals surface area contributed by atoms with E-state index in [1.54, 1.807) is 6.07 Å². The molecule has 0 unspecified atom stereocenters. The Morgan fingerprint density at radius 3 is 2.39 bits per heavy atom. The molecule has 0 fully saturated rings. The number of anilines is 1. The molecule has 33 heavy (non-hydrogen) atoms. The molecule has 0 radical (unpaired) electrons. The molecule has 0 aliphatic heterocycles. The maximum atomic E-state index is 15.2. The van der Waals surface area contributed by atoms with Crippen LogP contribution in [0.3, 0.4) is 0 Å². The summed E-state index contributed by atoms with van der Waals surface area (Å²) in [4.78, 5) is 0. The molecule has 0 aliphatic rings. The standard InChI is InChI=1S/C31H34FN/c1-5-11-26(30-20-24(7-3)16-15-23(30)4)21-27-17-18-29(22-31(27)32)33-28(12-6-2)19-25-13-9-8-10-14-25/h5,8-18,20,22,33H,4,6-7,19,21H2,1-3H3/b11-5-,28-12-,30-26+. The third-order valence-electron chi connectivity index (χ3n) is 5.72. The first-order valence-corrected chi connectivity index (χ1v) is 11.8. The Hall–Kier alpha value is -3.39. The van der Waals surface area contributed by atoms with Gasteiger partial charge >= 0.3 is 0 Å². The van der Waals surface area contributed by atoms with Crippen molar-refractivity contribution in [1.29, 1.82) is 0 Å². The zero-order valence-electron chi connectivity index (χ0n) is 20.0. The Morgan fingerprint density at radius 2 is 1.73 bits per heavy atom. The van der Waals surface area contributed by atoms with E-state index in [-0.39, 0.29) is 5.82 Å². The molecule has 0 spiro atoms. The van der Waals surface area contributed by atoms with Crippen LogP contribution in [0.4, 0.5) is 10.1 Å². The summed E-state index contributed by atoms with van der Waals surface area (Å²) in [5, 5.41) is 5.48. The maximum absolute atomic E-state index is 15.2. The predicted octanol–water partition coefficient (Wildman–Crippen LogP) is 6.72. The van der Waals surface area contributed by atoms with Crippen LogP contribution in [-0.4, -0.2) is 0 Å².